The van der Waals surface area contributed by atoms with Crippen molar-refractivity contribution in [2.24, 2.45) is 5.92 Å². The van der Waals surface area contributed by atoms with Crippen molar-refractivity contribution in [1.29, 1.82) is 0 Å². The number of para-hydroxylation sites is 3. The number of carbonyl (C=O) groups is 2. The van der Waals surface area contributed by atoms with E-state index in [0.29, 0.717) is 36.2 Å². The molecule has 2 aromatic rings. The molecule has 1 aliphatic rings. The van der Waals surface area contributed by atoms with Crippen molar-refractivity contribution in [3.8, 4) is 11.5 Å². The maximum atomic E-state index is 12.4. The molecule has 0 aliphatic carbocycles. The molecule has 2 aromatic carbocycles. The van der Waals surface area contributed by atoms with Crippen LogP contribution < -0.4 is 10.1 Å². The summed E-state index contributed by atoms with van der Waals surface area (Å²) in [6.07, 6.45) is 1.87. The van der Waals surface area contributed by atoms with E-state index in [0.717, 1.165) is 12.8 Å². The van der Waals surface area contributed by atoms with Gasteiger partial charge in [0.15, 0.2) is 5.75 Å². The number of hydrogen-bond acceptors (Lipinski definition) is 3. The SMILES string of the molecule is CC1CCN(C(=O)C(=O)Nc2ccccc2Oc2ccccc2)CC1. The Kier molecular flexibility index (Phi) is 5.33. The predicted molar refractivity (Wildman–Crippen MR) is 96.6 cm³/mol. The molecule has 1 heterocycles. The zero-order valence-electron chi connectivity index (χ0n) is 14.3. The Morgan fingerprint density at radius 2 is 1.64 bits per heavy atom. The van der Waals surface area contributed by atoms with E-state index in [1.165, 1.54) is 0 Å². The molecule has 0 saturated carbocycles. The van der Waals surface area contributed by atoms with Crippen LogP contribution >= 0.6 is 0 Å². The normalized spacial score (nSPS) is 14.8. The largest absolute Gasteiger partial charge is 0.455 e. The second kappa shape index (κ2) is 7.83. The Balaban J connectivity index is 1.68. The van der Waals surface area contributed by atoms with E-state index in [9.17, 15) is 9.59 Å². The monoisotopic (exact) mass is 338 g/mol. The van der Waals surface area contributed by atoms with E-state index in [1.54, 1.807) is 23.1 Å². The molecule has 0 unspecified atom stereocenters. The third-order valence-electron chi connectivity index (χ3n) is 4.37. The number of likely N-dealkylation sites (tertiary alicyclic amines) is 1. The van der Waals surface area contributed by atoms with Crippen LogP contribution in [-0.2, 0) is 9.59 Å². The van der Waals surface area contributed by atoms with Gasteiger partial charge in [-0.15, -0.1) is 0 Å². The van der Waals surface area contributed by atoms with E-state index >= 15 is 0 Å². The molecule has 1 saturated heterocycles. The highest BCUT2D eigenvalue weighted by Gasteiger charge is 2.26. The van der Waals surface area contributed by atoms with Gasteiger partial charge in [0.25, 0.3) is 0 Å². The lowest BCUT2D eigenvalue weighted by Gasteiger charge is -2.29. The third-order valence-corrected chi connectivity index (χ3v) is 4.37. The molecule has 0 radical (unpaired) electrons. The summed E-state index contributed by atoms with van der Waals surface area (Å²) in [6.45, 7) is 3.43. The second-order valence-corrected chi connectivity index (χ2v) is 6.34. The van der Waals surface area contributed by atoms with Gasteiger partial charge in [-0.1, -0.05) is 37.3 Å². The van der Waals surface area contributed by atoms with E-state index in [-0.39, 0.29) is 0 Å². The summed E-state index contributed by atoms with van der Waals surface area (Å²) in [4.78, 5) is 26.3. The standard InChI is InChI=1S/C20H22N2O3/c1-15-11-13-22(14-12-15)20(24)19(23)21-17-9-5-6-10-18(17)25-16-7-3-2-4-8-16/h2-10,15H,11-14H2,1H3,(H,21,23). The lowest BCUT2D eigenvalue weighted by Crippen LogP contribution is -2.43. The van der Waals surface area contributed by atoms with Crippen LogP contribution in [0.2, 0.25) is 0 Å². The van der Waals surface area contributed by atoms with Crippen LogP contribution in [-0.4, -0.2) is 29.8 Å². The van der Waals surface area contributed by atoms with E-state index < -0.39 is 11.8 Å². The molecule has 0 atom stereocenters. The number of nitrogens with zero attached hydrogens (tertiary/aromatic N) is 1. The highest BCUT2D eigenvalue weighted by Crippen LogP contribution is 2.29. The fraction of sp³-hybridized carbons (Fsp3) is 0.300. The minimum Gasteiger partial charge on any atom is -0.455 e. The maximum Gasteiger partial charge on any atom is 0.314 e. The number of benzene rings is 2. The van der Waals surface area contributed by atoms with Crippen molar-refractivity contribution in [1.82, 2.24) is 4.90 Å². The smallest absolute Gasteiger partial charge is 0.314 e. The third kappa shape index (κ3) is 4.38. The quantitative estimate of drug-likeness (QED) is 0.869. The minimum atomic E-state index is -0.626. The van der Waals surface area contributed by atoms with Crippen molar-refractivity contribution in [3.63, 3.8) is 0 Å². The molecular weight excluding hydrogens is 316 g/mol. The molecule has 0 aromatic heterocycles. The number of hydrogen-bond donors (Lipinski definition) is 1. The van der Waals surface area contributed by atoms with Crippen LogP contribution in [0.5, 0.6) is 11.5 Å². The fourth-order valence-electron chi connectivity index (χ4n) is 2.81. The van der Waals surface area contributed by atoms with Crippen molar-refractivity contribution < 1.29 is 14.3 Å². The molecule has 3 rings (SSSR count). The zero-order chi connectivity index (χ0) is 17.6. The first-order chi connectivity index (χ1) is 12.1. The molecule has 5 nitrogen and oxygen atoms in total. The summed E-state index contributed by atoms with van der Waals surface area (Å²) in [5, 5.41) is 2.68. The fourth-order valence-corrected chi connectivity index (χ4v) is 2.81. The Labute approximate surface area is 147 Å². The molecular formula is C20H22N2O3. The molecule has 1 fully saturated rings. The number of ether oxygens (including phenoxy) is 1. The van der Waals surface area contributed by atoms with Gasteiger partial charge in [-0.25, -0.2) is 0 Å². The summed E-state index contributed by atoms with van der Waals surface area (Å²) >= 11 is 0. The van der Waals surface area contributed by atoms with E-state index in [1.807, 2.05) is 36.4 Å². The molecule has 0 bridgehead atoms. The van der Waals surface area contributed by atoms with Crippen LogP contribution in [0.4, 0.5) is 5.69 Å². The summed E-state index contributed by atoms with van der Waals surface area (Å²) in [6, 6.07) is 16.4. The zero-order valence-corrected chi connectivity index (χ0v) is 14.3. The van der Waals surface area contributed by atoms with Gasteiger partial charge in [-0.2, -0.15) is 0 Å². The average molecular weight is 338 g/mol. The summed E-state index contributed by atoms with van der Waals surface area (Å²) in [5.74, 6) is 0.662. The molecule has 1 N–H and O–H groups in total. The van der Waals surface area contributed by atoms with Gasteiger partial charge in [0.1, 0.15) is 5.75 Å². The van der Waals surface area contributed by atoms with Crippen molar-refractivity contribution in [2.75, 3.05) is 18.4 Å². The van der Waals surface area contributed by atoms with Gasteiger partial charge >= 0.3 is 11.8 Å². The van der Waals surface area contributed by atoms with Gasteiger partial charge in [0.05, 0.1) is 5.69 Å². The number of piperidine rings is 1. The number of nitrogens with one attached hydrogen (secondary N) is 1. The second-order valence-electron chi connectivity index (χ2n) is 6.34. The molecule has 5 heteroatoms. The van der Waals surface area contributed by atoms with Gasteiger partial charge < -0.3 is 15.0 Å². The van der Waals surface area contributed by atoms with Crippen molar-refractivity contribution in [3.05, 3.63) is 54.6 Å². The Bertz CT molecular complexity index is 738. The highest BCUT2D eigenvalue weighted by molar-refractivity contribution is 6.39. The molecule has 25 heavy (non-hydrogen) atoms. The minimum absolute atomic E-state index is 0.482. The molecule has 0 spiro atoms. The summed E-state index contributed by atoms with van der Waals surface area (Å²) in [5.41, 5.74) is 0.482. The van der Waals surface area contributed by atoms with E-state index in [4.69, 9.17) is 4.74 Å². The number of anilines is 1. The molecule has 130 valence electrons. The number of rotatable bonds is 3. The number of carbonyl (C=O) groups excluding carboxylic acids is 2. The van der Waals surface area contributed by atoms with E-state index in [2.05, 4.69) is 12.2 Å². The Hall–Kier alpha value is -2.82. The van der Waals surface area contributed by atoms with Gasteiger partial charge in [0, 0.05) is 13.1 Å². The van der Waals surface area contributed by atoms with Crippen molar-refractivity contribution in [2.45, 2.75) is 19.8 Å². The molecule has 1 aliphatic heterocycles. The van der Waals surface area contributed by atoms with Gasteiger partial charge in [-0.3, -0.25) is 9.59 Å². The number of amides is 2. The Morgan fingerprint density at radius 3 is 2.36 bits per heavy atom. The highest BCUT2D eigenvalue weighted by atomic mass is 16.5. The van der Waals surface area contributed by atoms with Gasteiger partial charge in [-0.05, 0) is 43.0 Å². The molecule has 2 amide bonds. The van der Waals surface area contributed by atoms with Crippen LogP contribution in [0.1, 0.15) is 19.8 Å². The van der Waals surface area contributed by atoms with Crippen LogP contribution in [0.3, 0.4) is 0 Å². The summed E-state index contributed by atoms with van der Waals surface area (Å²) < 4.78 is 5.81. The summed E-state index contributed by atoms with van der Waals surface area (Å²) in [7, 11) is 0. The first-order valence-corrected chi connectivity index (χ1v) is 8.55. The van der Waals surface area contributed by atoms with Gasteiger partial charge in [0.2, 0.25) is 0 Å². The lowest BCUT2D eigenvalue weighted by molar-refractivity contribution is -0.144. The first kappa shape index (κ1) is 17.0. The van der Waals surface area contributed by atoms with Crippen LogP contribution in [0, 0.1) is 5.92 Å². The first-order valence-electron chi connectivity index (χ1n) is 8.55. The lowest BCUT2D eigenvalue weighted by atomic mass is 9.99. The maximum absolute atomic E-state index is 12.4. The van der Waals surface area contributed by atoms with Crippen molar-refractivity contribution >= 4 is 17.5 Å². The average Bonchev–Trinajstić information content (AvgIpc) is 2.64. The Morgan fingerprint density at radius 1 is 1.00 bits per heavy atom. The van der Waals surface area contributed by atoms with Crippen LogP contribution in [0.25, 0.3) is 0 Å². The predicted octanol–water partition coefficient (Wildman–Crippen LogP) is 3.68. The topological polar surface area (TPSA) is 58.6 Å². The van der Waals surface area contributed by atoms with Crippen LogP contribution in [0.15, 0.2) is 54.6 Å².